The van der Waals surface area contributed by atoms with Crippen molar-refractivity contribution in [3.05, 3.63) is 42.1 Å². The monoisotopic (exact) mass is 245 g/mol. The van der Waals surface area contributed by atoms with Crippen LogP contribution in [-0.2, 0) is 6.54 Å². The fourth-order valence-corrected chi connectivity index (χ4v) is 1.34. The van der Waals surface area contributed by atoms with E-state index < -0.39 is 0 Å². The first-order valence-corrected chi connectivity index (χ1v) is 6.08. The van der Waals surface area contributed by atoms with Gasteiger partial charge in [0.1, 0.15) is 5.75 Å². The first-order valence-electron chi connectivity index (χ1n) is 6.08. The normalized spacial score (nSPS) is 13.2. The highest BCUT2D eigenvalue weighted by Gasteiger charge is 2.04. The van der Waals surface area contributed by atoms with Crippen molar-refractivity contribution in [2.24, 2.45) is 15.7 Å². The summed E-state index contributed by atoms with van der Waals surface area (Å²) < 4.78 is 5.63. The molecule has 0 saturated carbocycles. The number of aliphatic imine (C=N–C) groups is 2. The molecule has 4 nitrogen and oxygen atoms in total. The Morgan fingerprint density at radius 2 is 2.06 bits per heavy atom. The van der Waals surface area contributed by atoms with E-state index in [4.69, 9.17) is 10.5 Å². The number of hydrogen-bond acceptors (Lipinski definition) is 4. The van der Waals surface area contributed by atoms with Gasteiger partial charge in [0.25, 0.3) is 0 Å². The van der Waals surface area contributed by atoms with Gasteiger partial charge in [-0.2, -0.15) is 0 Å². The van der Waals surface area contributed by atoms with Crippen molar-refractivity contribution in [1.29, 1.82) is 0 Å². The highest BCUT2D eigenvalue weighted by molar-refractivity contribution is 6.27. The summed E-state index contributed by atoms with van der Waals surface area (Å²) in [5.74, 6) is 1.21. The lowest BCUT2D eigenvalue weighted by atomic mass is 10.2. The number of nitrogens with zero attached hydrogens (tertiary/aromatic N) is 2. The van der Waals surface area contributed by atoms with Gasteiger partial charge in [-0.05, 0) is 12.1 Å². The van der Waals surface area contributed by atoms with E-state index in [2.05, 4.69) is 9.98 Å². The summed E-state index contributed by atoms with van der Waals surface area (Å²) in [5.41, 5.74) is 6.57. The second kappa shape index (κ2) is 8.20. The predicted octanol–water partition coefficient (Wildman–Crippen LogP) is 2.55. The van der Waals surface area contributed by atoms with Crippen LogP contribution in [0.15, 0.2) is 46.5 Å². The van der Waals surface area contributed by atoms with Gasteiger partial charge in [-0.1, -0.05) is 32.0 Å². The topological polar surface area (TPSA) is 60.0 Å². The Morgan fingerprint density at radius 1 is 1.28 bits per heavy atom. The molecule has 0 aliphatic carbocycles. The molecule has 0 fully saturated rings. The SMILES string of the molecule is CC.NCc1ccccc1OC1=NC=CCN=C1. The number of rotatable bonds is 2. The molecule has 1 aliphatic heterocycles. The van der Waals surface area contributed by atoms with Gasteiger partial charge in [0, 0.05) is 18.3 Å². The summed E-state index contributed by atoms with van der Waals surface area (Å²) in [5, 5.41) is 0. The fraction of sp³-hybridized carbons (Fsp3) is 0.286. The van der Waals surface area contributed by atoms with Gasteiger partial charge in [0.2, 0.25) is 5.90 Å². The van der Waals surface area contributed by atoms with E-state index in [-0.39, 0.29) is 0 Å². The molecule has 1 aliphatic rings. The van der Waals surface area contributed by atoms with Crippen molar-refractivity contribution in [3.8, 4) is 5.75 Å². The zero-order valence-corrected chi connectivity index (χ0v) is 10.8. The summed E-state index contributed by atoms with van der Waals surface area (Å²) in [6.45, 7) is 5.07. The molecule has 1 aromatic carbocycles. The van der Waals surface area contributed by atoms with E-state index in [0.717, 1.165) is 11.3 Å². The van der Waals surface area contributed by atoms with Crippen molar-refractivity contribution in [3.63, 3.8) is 0 Å². The minimum absolute atomic E-state index is 0.441. The van der Waals surface area contributed by atoms with Crippen LogP contribution >= 0.6 is 0 Å². The Kier molecular flexibility index (Phi) is 6.43. The molecule has 1 aromatic rings. The lowest BCUT2D eigenvalue weighted by Gasteiger charge is -2.08. The Labute approximate surface area is 108 Å². The second-order valence-corrected chi connectivity index (χ2v) is 3.26. The second-order valence-electron chi connectivity index (χ2n) is 3.26. The summed E-state index contributed by atoms with van der Waals surface area (Å²) in [7, 11) is 0. The molecule has 0 bridgehead atoms. The number of hydrogen-bond donors (Lipinski definition) is 1. The lowest BCUT2D eigenvalue weighted by molar-refractivity contribution is 0.553. The molecule has 0 saturated heterocycles. The molecule has 0 aromatic heterocycles. The van der Waals surface area contributed by atoms with Gasteiger partial charge in [-0.25, -0.2) is 4.99 Å². The first kappa shape index (κ1) is 14.1. The number of para-hydroxylation sites is 1. The zero-order chi connectivity index (χ0) is 13.2. The highest BCUT2D eigenvalue weighted by atomic mass is 16.5. The minimum atomic E-state index is 0.441. The molecular formula is C14H19N3O. The summed E-state index contributed by atoms with van der Waals surface area (Å²) >= 11 is 0. The summed E-state index contributed by atoms with van der Waals surface area (Å²) in [6, 6.07) is 7.63. The number of benzene rings is 1. The van der Waals surface area contributed by atoms with Gasteiger partial charge in [-0.15, -0.1) is 0 Å². The van der Waals surface area contributed by atoms with E-state index in [9.17, 15) is 0 Å². The Balaban J connectivity index is 0.000000771. The molecule has 2 rings (SSSR count). The van der Waals surface area contributed by atoms with E-state index in [0.29, 0.717) is 19.0 Å². The highest BCUT2D eigenvalue weighted by Crippen LogP contribution is 2.17. The average molecular weight is 245 g/mol. The van der Waals surface area contributed by atoms with Crippen molar-refractivity contribution in [2.75, 3.05) is 6.54 Å². The predicted molar refractivity (Wildman–Crippen MR) is 76.2 cm³/mol. The van der Waals surface area contributed by atoms with Gasteiger partial charge in [0.05, 0.1) is 12.8 Å². The molecule has 2 N–H and O–H groups in total. The van der Waals surface area contributed by atoms with Crippen LogP contribution in [0.25, 0.3) is 0 Å². The van der Waals surface area contributed by atoms with Gasteiger partial charge >= 0.3 is 0 Å². The minimum Gasteiger partial charge on any atom is -0.437 e. The van der Waals surface area contributed by atoms with Crippen LogP contribution in [0, 0.1) is 0 Å². The molecule has 18 heavy (non-hydrogen) atoms. The van der Waals surface area contributed by atoms with E-state index in [1.807, 2.05) is 44.2 Å². The van der Waals surface area contributed by atoms with Gasteiger partial charge < -0.3 is 10.5 Å². The molecule has 0 unspecified atom stereocenters. The summed E-state index contributed by atoms with van der Waals surface area (Å²) in [4.78, 5) is 8.22. The number of ether oxygens (including phenoxy) is 1. The maximum Gasteiger partial charge on any atom is 0.237 e. The smallest absolute Gasteiger partial charge is 0.237 e. The van der Waals surface area contributed by atoms with E-state index >= 15 is 0 Å². The molecule has 0 spiro atoms. The number of nitrogens with two attached hydrogens (primary N) is 1. The van der Waals surface area contributed by atoms with Crippen molar-refractivity contribution < 1.29 is 4.74 Å². The van der Waals surface area contributed by atoms with Gasteiger partial charge in [0.15, 0.2) is 0 Å². The Morgan fingerprint density at radius 3 is 2.83 bits per heavy atom. The van der Waals surface area contributed by atoms with Gasteiger partial charge in [-0.3, -0.25) is 4.99 Å². The van der Waals surface area contributed by atoms with Crippen LogP contribution in [-0.4, -0.2) is 18.7 Å². The standard InChI is InChI=1S/C12H13N3O.C2H6/c13-8-10-4-1-2-5-11(10)16-12-9-14-6-3-7-15-12;1-2/h1-5,7,9H,6,8,13H2;1-2H3. The Bertz CT molecular complexity index is 450. The third kappa shape index (κ3) is 4.14. The van der Waals surface area contributed by atoms with Crippen molar-refractivity contribution >= 4 is 12.1 Å². The molecule has 0 radical (unpaired) electrons. The largest absolute Gasteiger partial charge is 0.437 e. The molecule has 4 heteroatoms. The molecule has 0 amide bonds. The molecule has 96 valence electrons. The van der Waals surface area contributed by atoms with Crippen molar-refractivity contribution in [2.45, 2.75) is 20.4 Å². The Hall–Kier alpha value is -1.94. The average Bonchev–Trinajstić information content (AvgIpc) is 2.70. The molecular weight excluding hydrogens is 226 g/mol. The van der Waals surface area contributed by atoms with Crippen LogP contribution in [0.2, 0.25) is 0 Å². The summed E-state index contributed by atoms with van der Waals surface area (Å²) in [6.07, 6.45) is 5.17. The van der Waals surface area contributed by atoms with Crippen LogP contribution < -0.4 is 10.5 Å². The molecule has 1 heterocycles. The third-order valence-electron chi connectivity index (χ3n) is 2.13. The van der Waals surface area contributed by atoms with E-state index in [1.165, 1.54) is 0 Å². The lowest BCUT2D eigenvalue weighted by Crippen LogP contribution is -2.11. The molecule has 0 atom stereocenters. The quantitative estimate of drug-likeness (QED) is 0.870. The third-order valence-corrected chi connectivity index (χ3v) is 2.13. The zero-order valence-electron chi connectivity index (χ0n) is 10.8. The maximum atomic E-state index is 5.63. The first-order chi connectivity index (χ1) is 8.90. The van der Waals surface area contributed by atoms with Crippen LogP contribution in [0.5, 0.6) is 5.75 Å². The van der Waals surface area contributed by atoms with Crippen molar-refractivity contribution in [1.82, 2.24) is 0 Å². The van der Waals surface area contributed by atoms with Crippen LogP contribution in [0.1, 0.15) is 19.4 Å². The van der Waals surface area contributed by atoms with E-state index in [1.54, 1.807) is 12.4 Å². The fourth-order valence-electron chi connectivity index (χ4n) is 1.34. The maximum absolute atomic E-state index is 5.63. The van der Waals surface area contributed by atoms with Crippen LogP contribution in [0.3, 0.4) is 0 Å². The van der Waals surface area contributed by atoms with Crippen LogP contribution in [0.4, 0.5) is 0 Å².